The van der Waals surface area contributed by atoms with Crippen molar-refractivity contribution < 1.29 is 14.3 Å². The number of hydrogen-bond donors (Lipinski definition) is 0. The Bertz CT molecular complexity index is 233. The number of ether oxygens (including phenoxy) is 1. The smallest absolute Gasteiger partial charge is 0.310 e. The number of rotatable bonds is 5. The van der Waals surface area contributed by atoms with Crippen molar-refractivity contribution in [1.29, 1.82) is 0 Å². The van der Waals surface area contributed by atoms with Crippen molar-refractivity contribution in [3.05, 3.63) is 0 Å². The van der Waals surface area contributed by atoms with Crippen LogP contribution in [0.15, 0.2) is 0 Å². The van der Waals surface area contributed by atoms with Crippen LogP contribution >= 0.6 is 15.9 Å². The Kier molecular flexibility index (Phi) is 6.56. The van der Waals surface area contributed by atoms with Crippen LogP contribution in [-0.2, 0) is 14.3 Å². The molecule has 0 bridgehead atoms. The highest BCUT2D eigenvalue weighted by Gasteiger charge is 2.22. The van der Waals surface area contributed by atoms with E-state index >= 15 is 0 Å². The average molecular weight is 280 g/mol. The SMILES string of the molecule is CCC(Br)C(=O)N(C)CC(C)C(=O)OC. The van der Waals surface area contributed by atoms with Gasteiger partial charge in [-0.2, -0.15) is 0 Å². The Labute approximate surface area is 99.1 Å². The molecular formula is C10H18BrNO3. The number of amides is 1. The molecule has 0 spiro atoms. The molecule has 0 fully saturated rings. The van der Waals surface area contributed by atoms with Gasteiger partial charge in [-0.25, -0.2) is 0 Å². The number of alkyl halides is 1. The first-order chi connectivity index (χ1) is 6.93. The third kappa shape index (κ3) is 4.64. The van der Waals surface area contributed by atoms with Gasteiger partial charge in [-0.15, -0.1) is 0 Å². The second kappa shape index (κ2) is 6.82. The molecule has 0 heterocycles. The minimum absolute atomic E-state index is 0.00625. The van der Waals surface area contributed by atoms with Crippen molar-refractivity contribution in [1.82, 2.24) is 4.90 Å². The Morgan fingerprint density at radius 1 is 1.47 bits per heavy atom. The third-order valence-electron chi connectivity index (χ3n) is 2.15. The predicted molar refractivity (Wildman–Crippen MR) is 61.8 cm³/mol. The molecule has 5 heteroatoms. The van der Waals surface area contributed by atoms with Gasteiger partial charge in [0.25, 0.3) is 0 Å². The van der Waals surface area contributed by atoms with Crippen LogP contribution in [-0.4, -0.2) is 42.3 Å². The van der Waals surface area contributed by atoms with Gasteiger partial charge in [-0.1, -0.05) is 29.8 Å². The molecule has 0 rings (SSSR count). The summed E-state index contributed by atoms with van der Waals surface area (Å²) in [5.41, 5.74) is 0. The lowest BCUT2D eigenvalue weighted by Gasteiger charge is -2.22. The summed E-state index contributed by atoms with van der Waals surface area (Å²) in [7, 11) is 3.03. The second-order valence-electron chi connectivity index (χ2n) is 3.52. The molecule has 0 aliphatic rings. The summed E-state index contributed by atoms with van der Waals surface area (Å²) >= 11 is 3.28. The van der Waals surface area contributed by atoms with Crippen molar-refractivity contribution >= 4 is 27.8 Å². The van der Waals surface area contributed by atoms with E-state index in [1.165, 1.54) is 7.11 Å². The van der Waals surface area contributed by atoms with Crippen molar-refractivity contribution in [2.45, 2.75) is 25.1 Å². The first kappa shape index (κ1) is 14.4. The summed E-state index contributed by atoms with van der Waals surface area (Å²) in [6.07, 6.45) is 0.732. The molecule has 0 aromatic heterocycles. The fourth-order valence-corrected chi connectivity index (χ4v) is 1.54. The number of carbonyl (C=O) groups is 2. The lowest BCUT2D eigenvalue weighted by molar-refractivity contribution is -0.146. The number of halogens is 1. The zero-order valence-electron chi connectivity index (χ0n) is 9.62. The number of methoxy groups -OCH3 is 1. The van der Waals surface area contributed by atoms with Gasteiger partial charge in [0.2, 0.25) is 5.91 Å². The first-order valence-electron chi connectivity index (χ1n) is 4.90. The molecule has 2 atom stereocenters. The summed E-state index contributed by atoms with van der Waals surface area (Å²) in [4.78, 5) is 24.2. The zero-order chi connectivity index (χ0) is 12.0. The van der Waals surface area contributed by atoms with Gasteiger partial charge >= 0.3 is 5.97 Å². The van der Waals surface area contributed by atoms with Crippen molar-refractivity contribution in [3.63, 3.8) is 0 Å². The van der Waals surface area contributed by atoms with Gasteiger partial charge < -0.3 is 9.64 Å². The van der Waals surface area contributed by atoms with Gasteiger partial charge in [-0.3, -0.25) is 9.59 Å². The van der Waals surface area contributed by atoms with E-state index < -0.39 is 0 Å². The molecule has 88 valence electrons. The van der Waals surface area contributed by atoms with Crippen molar-refractivity contribution in [2.75, 3.05) is 20.7 Å². The van der Waals surface area contributed by atoms with E-state index in [-0.39, 0.29) is 22.6 Å². The topological polar surface area (TPSA) is 46.6 Å². The maximum absolute atomic E-state index is 11.6. The highest BCUT2D eigenvalue weighted by Crippen LogP contribution is 2.10. The standard InChI is InChI=1S/C10H18BrNO3/c1-5-8(11)9(13)12(3)6-7(2)10(14)15-4/h7-8H,5-6H2,1-4H3. The van der Waals surface area contributed by atoms with E-state index in [2.05, 4.69) is 20.7 Å². The van der Waals surface area contributed by atoms with Crippen LogP contribution in [0.3, 0.4) is 0 Å². The van der Waals surface area contributed by atoms with Crippen LogP contribution < -0.4 is 0 Å². The second-order valence-corrected chi connectivity index (χ2v) is 4.62. The fourth-order valence-electron chi connectivity index (χ4n) is 1.19. The van der Waals surface area contributed by atoms with Gasteiger partial charge in [0.1, 0.15) is 0 Å². The summed E-state index contributed by atoms with van der Waals surface area (Å²) in [5.74, 6) is -0.592. The average Bonchev–Trinajstić information content (AvgIpc) is 2.25. The maximum atomic E-state index is 11.6. The Balaban J connectivity index is 4.18. The van der Waals surface area contributed by atoms with Crippen molar-refractivity contribution in [2.24, 2.45) is 5.92 Å². The number of carbonyl (C=O) groups excluding carboxylic acids is 2. The molecule has 4 nitrogen and oxygen atoms in total. The van der Waals surface area contributed by atoms with E-state index in [1.807, 2.05) is 6.92 Å². The molecular weight excluding hydrogens is 262 g/mol. The molecule has 0 N–H and O–H groups in total. The summed E-state index contributed by atoms with van der Waals surface area (Å²) < 4.78 is 4.59. The van der Waals surface area contributed by atoms with Gasteiger partial charge in [-0.05, 0) is 6.42 Å². The van der Waals surface area contributed by atoms with Gasteiger partial charge in [0.15, 0.2) is 0 Å². The molecule has 0 aromatic rings. The maximum Gasteiger partial charge on any atom is 0.310 e. The highest BCUT2D eigenvalue weighted by atomic mass is 79.9. The highest BCUT2D eigenvalue weighted by molar-refractivity contribution is 9.10. The van der Waals surface area contributed by atoms with Crippen LogP contribution in [0.25, 0.3) is 0 Å². The van der Waals surface area contributed by atoms with E-state index in [0.29, 0.717) is 6.54 Å². The van der Waals surface area contributed by atoms with E-state index in [9.17, 15) is 9.59 Å². The van der Waals surface area contributed by atoms with Crippen LogP contribution in [0.2, 0.25) is 0 Å². The molecule has 0 saturated carbocycles. The number of esters is 1. The number of hydrogen-bond acceptors (Lipinski definition) is 3. The predicted octanol–water partition coefficient (Wildman–Crippen LogP) is 1.43. The van der Waals surface area contributed by atoms with Crippen LogP contribution in [0, 0.1) is 5.92 Å². The summed E-state index contributed by atoms with van der Waals surface area (Å²) in [6.45, 7) is 4.05. The molecule has 15 heavy (non-hydrogen) atoms. The Hall–Kier alpha value is -0.580. The normalized spacial score (nSPS) is 14.2. The first-order valence-corrected chi connectivity index (χ1v) is 5.82. The van der Waals surface area contributed by atoms with Crippen molar-refractivity contribution in [3.8, 4) is 0 Å². The molecule has 0 radical (unpaired) electrons. The molecule has 0 aromatic carbocycles. The zero-order valence-corrected chi connectivity index (χ0v) is 11.2. The summed E-state index contributed by atoms with van der Waals surface area (Å²) in [6, 6.07) is 0. The minimum Gasteiger partial charge on any atom is -0.469 e. The molecule has 0 aliphatic heterocycles. The molecule has 1 amide bonds. The largest absolute Gasteiger partial charge is 0.469 e. The fraction of sp³-hybridized carbons (Fsp3) is 0.800. The van der Waals surface area contributed by atoms with Gasteiger partial charge in [0, 0.05) is 13.6 Å². The molecule has 2 unspecified atom stereocenters. The van der Waals surface area contributed by atoms with E-state index in [1.54, 1.807) is 18.9 Å². The third-order valence-corrected chi connectivity index (χ3v) is 3.19. The monoisotopic (exact) mass is 279 g/mol. The Morgan fingerprint density at radius 3 is 2.40 bits per heavy atom. The lowest BCUT2D eigenvalue weighted by atomic mass is 10.1. The van der Waals surface area contributed by atoms with Crippen LogP contribution in [0.1, 0.15) is 20.3 Å². The van der Waals surface area contributed by atoms with Crippen LogP contribution in [0.4, 0.5) is 0 Å². The minimum atomic E-state index is -0.294. The van der Waals surface area contributed by atoms with E-state index in [4.69, 9.17) is 0 Å². The summed E-state index contributed by atoms with van der Waals surface area (Å²) in [5, 5.41) is 0. The lowest BCUT2D eigenvalue weighted by Crippen LogP contribution is -2.38. The van der Waals surface area contributed by atoms with Gasteiger partial charge in [0.05, 0.1) is 17.9 Å². The van der Waals surface area contributed by atoms with Crippen LogP contribution in [0.5, 0.6) is 0 Å². The van der Waals surface area contributed by atoms with E-state index in [0.717, 1.165) is 6.42 Å². The molecule has 0 aliphatic carbocycles. The quantitative estimate of drug-likeness (QED) is 0.565. The Morgan fingerprint density at radius 2 is 2.00 bits per heavy atom. The molecule has 0 saturated heterocycles. The number of nitrogens with zero attached hydrogens (tertiary/aromatic N) is 1.